The molecule has 0 aromatic heterocycles. The fraction of sp³-hybridized carbons (Fsp3) is 0.588. The number of carbonyl (C=O) groups excluding carboxylic acids is 1. The lowest BCUT2D eigenvalue weighted by atomic mass is 10.1. The Kier molecular flexibility index (Phi) is 6.21. The van der Waals surface area contributed by atoms with Crippen molar-refractivity contribution in [2.75, 3.05) is 32.0 Å². The van der Waals surface area contributed by atoms with E-state index in [4.69, 9.17) is 0 Å². The molecule has 116 valence electrons. The first-order valence-electron chi connectivity index (χ1n) is 7.98. The summed E-state index contributed by atoms with van der Waals surface area (Å²) in [5.74, 6) is 0.0685. The van der Waals surface area contributed by atoms with Crippen LogP contribution < -0.4 is 10.6 Å². The van der Waals surface area contributed by atoms with Crippen molar-refractivity contribution in [3.8, 4) is 0 Å². The second-order valence-corrected chi connectivity index (χ2v) is 5.85. The van der Waals surface area contributed by atoms with Crippen LogP contribution in [0.3, 0.4) is 0 Å². The highest BCUT2D eigenvalue weighted by atomic mass is 16.2. The average molecular weight is 289 g/mol. The minimum Gasteiger partial charge on any atom is -0.325 e. The third-order valence-corrected chi connectivity index (χ3v) is 4.21. The number of aryl methyl sites for hydroxylation is 1. The predicted molar refractivity (Wildman–Crippen MR) is 87.6 cm³/mol. The van der Waals surface area contributed by atoms with Crippen molar-refractivity contribution >= 4 is 11.6 Å². The summed E-state index contributed by atoms with van der Waals surface area (Å²) in [5, 5.41) is 6.39. The molecule has 1 saturated heterocycles. The van der Waals surface area contributed by atoms with E-state index in [0.29, 0.717) is 12.6 Å². The maximum Gasteiger partial charge on any atom is 0.238 e. The summed E-state index contributed by atoms with van der Waals surface area (Å²) < 4.78 is 0. The Labute approximate surface area is 127 Å². The Morgan fingerprint density at radius 1 is 1.29 bits per heavy atom. The largest absolute Gasteiger partial charge is 0.325 e. The van der Waals surface area contributed by atoms with Crippen LogP contribution in [0.25, 0.3) is 0 Å². The second-order valence-electron chi connectivity index (χ2n) is 5.85. The van der Waals surface area contributed by atoms with Crippen LogP contribution >= 0.6 is 0 Å². The topological polar surface area (TPSA) is 44.4 Å². The van der Waals surface area contributed by atoms with Crippen LogP contribution in [0, 0.1) is 0 Å². The van der Waals surface area contributed by atoms with Crippen LogP contribution in [0.1, 0.15) is 31.7 Å². The van der Waals surface area contributed by atoms with Crippen molar-refractivity contribution in [2.45, 2.75) is 38.6 Å². The minimum absolute atomic E-state index is 0.0685. The lowest BCUT2D eigenvalue weighted by molar-refractivity contribution is -0.117. The second kappa shape index (κ2) is 8.15. The quantitative estimate of drug-likeness (QED) is 0.874. The zero-order valence-electron chi connectivity index (χ0n) is 13.2. The summed E-state index contributed by atoms with van der Waals surface area (Å²) in [6.07, 6.45) is 4.50. The standard InChI is InChI=1S/C17H27N3O/c1-3-14-6-8-15(9-7-14)19-17(21)13-20(2)16-5-4-11-18-12-10-16/h6-9,16,18H,3-5,10-13H2,1-2H3,(H,19,21). The molecule has 1 atom stereocenters. The van der Waals surface area contributed by atoms with Crippen molar-refractivity contribution in [2.24, 2.45) is 0 Å². The van der Waals surface area contributed by atoms with E-state index in [0.717, 1.165) is 31.6 Å². The van der Waals surface area contributed by atoms with E-state index >= 15 is 0 Å². The molecule has 4 nitrogen and oxygen atoms in total. The summed E-state index contributed by atoms with van der Waals surface area (Å²) >= 11 is 0. The molecule has 0 saturated carbocycles. The highest BCUT2D eigenvalue weighted by molar-refractivity contribution is 5.92. The van der Waals surface area contributed by atoms with Gasteiger partial charge < -0.3 is 10.6 Å². The first kappa shape index (κ1) is 16.0. The zero-order chi connectivity index (χ0) is 15.1. The molecule has 4 heteroatoms. The number of hydrogen-bond donors (Lipinski definition) is 2. The van der Waals surface area contributed by atoms with Crippen LogP contribution in [0.4, 0.5) is 5.69 Å². The number of rotatable bonds is 5. The zero-order valence-corrected chi connectivity index (χ0v) is 13.2. The van der Waals surface area contributed by atoms with Crippen molar-refractivity contribution in [3.05, 3.63) is 29.8 Å². The van der Waals surface area contributed by atoms with Gasteiger partial charge in [0.15, 0.2) is 0 Å². The molecule has 0 bridgehead atoms. The Balaban J connectivity index is 1.82. The van der Waals surface area contributed by atoms with Gasteiger partial charge in [-0.2, -0.15) is 0 Å². The van der Waals surface area contributed by atoms with E-state index in [9.17, 15) is 4.79 Å². The SMILES string of the molecule is CCc1ccc(NC(=O)CN(C)C2CCCNCC2)cc1. The molecule has 1 aromatic carbocycles. The van der Waals surface area contributed by atoms with Crippen LogP contribution in [-0.4, -0.2) is 43.5 Å². The van der Waals surface area contributed by atoms with Gasteiger partial charge in [-0.1, -0.05) is 19.1 Å². The highest BCUT2D eigenvalue weighted by Gasteiger charge is 2.18. The number of carbonyl (C=O) groups is 1. The van der Waals surface area contributed by atoms with Gasteiger partial charge in [-0.3, -0.25) is 9.69 Å². The van der Waals surface area contributed by atoms with Gasteiger partial charge in [0.1, 0.15) is 0 Å². The van der Waals surface area contributed by atoms with Gasteiger partial charge in [0.2, 0.25) is 5.91 Å². The lowest BCUT2D eigenvalue weighted by Crippen LogP contribution is -2.38. The Morgan fingerprint density at radius 2 is 2.05 bits per heavy atom. The van der Waals surface area contributed by atoms with Gasteiger partial charge in [-0.05, 0) is 63.5 Å². The Hall–Kier alpha value is -1.39. The molecule has 21 heavy (non-hydrogen) atoms. The number of hydrogen-bond acceptors (Lipinski definition) is 3. The van der Waals surface area contributed by atoms with E-state index in [2.05, 4.69) is 41.6 Å². The van der Waals surface area contributed by atoms with Crippen LogP contribution in [0.5, 0.6) is 0 Å². The summed E-state index contributed by atoms with van der Waals surface area (Å²) in [5.41, 5.74) is 2.17. The molecular weight excluding hydrogens is 262 g/mol. The number of nitrogens with one attached hydrogen (secondary N) is 2. The molecule has 1 unspecified atom stereocenters. The number of amides is 1. The first-order valence-corrected chi connectivity index (χ1v) is 7.98. The highest BCUT2D eigenvalue weighted by Crippen LogP contribution is 2.13. The summed E-state index contributed by atoms with van der Waals surface area (Å²) in [6.45, 7) is 4.74. The molecule has 1 aromatic rings. The van der Waals surface area contributed by atoms with Crippen molar-refractivity contribution in [1.82, 2.24) is 10.2 Å². The number of benzene rings is 1. The van der Waals surface area contributed by atoms with Gasteiger partial charge in [-0.15, -0.1) is 0 Å². The summed E-state index contributed by atoms with van der Waals surface area (Å²) in [4.78, 5) is 14.3. The molecule has 1 fully saturated rings. The van der Waals surface area contributed by atoms with Crippen molar-refractivity contribution in [1.29, 1.82) is 0 Å². The van der Waals surface area contributed by atoms with E-state index in [1.54, 1.807) is 0 Å². The van der Waals surface area contributed by atoms with Gasteiger partial charge in [0, 0.05) is 11.7 Å². The van der Waals surface area contributed by atoms with Crippen molar-refractivity contribution in [3.63, 3.8) is 0 Å². The lowest BCUT2D eigenvalue weighted by Gasteiger charge is -2.26. The molecule has 2 rings (SSSR count). The molecule has 1 aliphatic rings. The molecule has 1 aliphatic heterocycles. The van der Waals surface area contributed by atoms with Crippen molar-refractivity contribution < 1.29 is 4.79 Å². The number of anilines is 1. The minimum atomic E-state index is 0.0685. The molecular formula is C17H27N3O. The van der Waals surface area contributed by atoms with E-state index < -0.39 is 0 Å². The Morgan fingerprint density at radius 3 is 2.76 bits per heavy atom. The maximum atomic E-state index is 12.1. The van der Waals surface area contributed by atoms with E-state index in [-0.39, 0.29) is 5.91 Å². The fourth-order valence-electron chi connectivity index (χ4n) is 2.82. The monoisotopic (exact) mass is 289 g/mol. The fourth-order valence-corrected chi connectivity index (χ4v) is 2.82. The summed E-state index contributed by atoms with van der Waals surface area (Å²) in [6, 6.07) is 8.60. The third kappa shape index (κ3) is 5.14. The van der Waals surface area contributed by atoms with E-state index in [1.807, 2.05) is 12.1 Å². The van der Waals surface area contributed by atoms with Gasteiger partial charge in [0.25, 0.3) is 0 Å². The first-order chi connectivity index (χ1) is 10.2. The Bertz CT molecular complexity index is 436. The molecule has 0 aliphatic carbocycles. The number of likely N-dealkylation sites (N-methyl/N-ethyl adjacent to an activating group) is 1. The normalized spacial score (nSPS) is 19.3. The van der Waals surface area contributed by atoms with E-state index in [1.165, 1.54) is 18.4 Å². The molecule has 2 N–H and O–H groups in total. The van der Waals surface area contributed by atoms with Gasteiger partial charge >= 0.3 is 0 Å². The van der Waals surface area contributed by atoms with Crippen LogP contribution in [0.2, 0.25) is 0 Å². The van der Waals surface area contributed by atoms with Gasteiger partial charge in [0.05, 0.1) is 6.54 Å². The maximum absolute atomic E-state index is 12.1. The molecule has 0 radical (unpaired) electrons. The number of nitrogens with zero attached hydrogens (tertiary/aromatic N) is 1. The predicted octanol–water partition coefficient (Wildman–Crippen LogP) is 2.26. The van der Waals surface area contributed by atoms with Crippen LogP contribution in [0.15, 0.2) is 24.3 Å². The van der Waals surface area contributed by atoms with Gasteiger partial charge in [-0.25, -0.2) is 0 Å². The van der Waals surface area contributed by atoms with Crippen LogP contribution in [-0.2, 0) is 11.2 Å². The third-order valence-electron chi connectivity index (χ3n) is 4.21. The average Bonchev–Trinajstić information content (AvgIpc) is 2.77. The molecule has 1 amide bonds. The molecule has 0 spiro atoms. The molecule has 1 heterocycles. The smallest absolute Gasteiger partial charge is 0.238 e. The summed E-state index contributed by atoms with van der Waals surface area (Å²) in [7, 11) is 2.05.